The molecule has 3 fully saturated rings. The number of likely N-dealkylation sites (N-methyl/N-ethyl adjacent to an activating group) is 1. The van der Waals surface area contributed by atoms with E-state index in [1.807, 2.05) is 4.90 Å². The van der Waals surface area contributed by atoms with Crippen molar-refractivity contribution in [3.8, 4) is 0 Å². The smallest absolute Gasteiger partial charge is 0.249 e. The van der Waals surface area contributed by atoms with E-state index in [0.29, 0.717) is 19.1 Å². The second kappa shape index (κ2) is 5.71. The van der Waals surface area contributed by atoms with Crippen LogP contribution < -0.4 is 0 Å². The molecule has 0 N–H and O–H groups in total. The summed E-state index contributed by atoms with van der Waals surface area (Å²) in [6, 6.07) is 0.456. The summed E-state index contributed by atoms with van der Waals surface area (Å²) in [4.78, 5) is 16.4. The zero-order valence-electron chi connectivity index (χ0n) is 13.5. The van der Waals surface area contributed by atoms with Gasteiger partial charge < -0.3 is 14.5 Å². The van der Waals surface area contributed by atoms with Crippen LogP contribution in [0.4, 0.5) is 8.78 Å². The number of amides is 1. The summed E-state index contributed by atoms with van der Waals surface area (Å²) in [5.41, 5.74) is 0.276. The van der Waals surface area contributed by atoms with E-state index in [2.05, 4.69) is 11.9 Å². The molecule has 0 aromatic carbocycles. The monoisotopic (exact) mass is 316 g/mol. The van der Waals surface area contributed by atoms with Crippen molar-refractivity contribution in [2.24, 2.45) is 11.3 Å². The summed E-state index contributed by atoms with van der Waals surface area (Å²) in [6.45, 7) is 3.23. The van der Waals surface area contributed by atoms with Crippen molar-refractivity contribution in [1.82, 2.24) is 9.80 Å². The summed E-state index contributed by atoms with van der Waals surface area (Å²) in [5, 5.41) is 0. The second-order valence-electron chi connectivity index (χ2n) is 7.51. The predicted octanol–water partition coefficient (Wildman–Crippen LogP) is 1.99. The van der Waals surface area contributed by atoms with Crippen LogP contribution in [0.2, 0.25) is 0 Å². The number of halogens is 2. The summed E-state index contributed by atoms with van der Waals surface area (Å²) >= 11 is 0. The van der Waals surface area contributed by atoms with Crippen molar-refractivity contribution in [3.05, 3.63) is 0 Å². The average Bonchev–Trinajstić information content (AvgIpc) is 2.73. The van der Waals surface area contributed by atoms with Crippen LogP contribution in [0.25, 0.3) is 0 Å². The summed E-state index contributed by atoms with van der Waals surface area (Å²) < 4.78 is 31.1. The highest BCUT2D eigenvalue weighted by Crippen LogP contribution is 2.46. The first-order chi connectivity index (χ1) is 10.3. The standard InChI is InChI=1S/C16H26F2N2O2/c1-19-11-15(9-13(19)10-22-2)3-5-20(6-4-15)14(21)12-7-16(17,18)8-12/h12-13H,3-11H2,1-2H3/t13-/m1/s1. The molecule has 2 aliphatic heterocycles. The van der Waals surface area contributed by atoms with Crippen LogP contribution in [0.15, 0.2) is 0 Å². The molecular weight excluding hydrogens is 290 g/mol. The molecule has 1 saturated carbocycles. The lowest BCUT2D eigenvalue weighted by Crippen LogP contribution is -2.50. The van der Waals surface area contributed by atoms with Crippen LogP contribution >= 0.6 is 0 Å². The first-order valence-electron chi connectivity index (χ1n) is 8.20. The minimum atomic E-state index is -2.61. The fourth-order valence-electron chi connectivity index (χ4n) is 4.41. The molecule has 4 nitrogen and oxygen atoms in total. The summed E-state index contributed by atoms with van der Waals surface area (Å²) in [7, 11) is 3.86. The van der Waals surface area contributed by atoms with Crippen molar-refractivity contribution in [2.45, 2.75) is 44.1 Å². The van der Waals surface area contributed by atoms with Crippen LogP contribution in [0.3, 0.4) is 0 Å². The van der Waals surface area contributed by atoms with Crippen LogP contribution in [0.5, 0.6) is 0 Å². The van der Waals surface area contributed by atoms with E-state index < -0.39 is 11.8 Å². The third kappa shape index (κ3) is 3.00. The van der Waals surface area contributed by atoms with Crippen molar-refractivity contribution >= 4 is 5.91 Å². The number of rotatable bonds is 3. The summed E-state index contributed by atoms with van der Waals surface area (Å²) in [5.74, 6) is -3.11. The number of hydrogen-bond donors (Lipinski definition) is 0. The fourth-order valence-corrected chi connectivity index (χ4v) is 4.41. The van der Waals surface area contributed by atoms with Gasteiger partial charge in [-0.1, -0.05) is 0 Å². The number of hydrogen-bond acceptors (Lipinski definition) is 3. The molecule has 0 bridgehead atoms. The third-order valence-corrected chi connectivity index (χ3v) is 5.81. The lowest BCUT2D eigenvalue weighted by molar-refractivity contribution is -0.161. The minimum Gasteiger partial charge on any atom is -0.383 e. The number of piperidine rings is 1. The van der Waals surface area contributed by atoms with Gasteiger partial charge in [0.15, 0.2) is 0 Å². The SMILES string of the molecule is COC[C@H]1CC2(CCN(C(=O)C3CC(F)(F)C3)CC2)CN1C. The Kier molecular flexibility index (Phi) is 4.18. The van der Waals surface area contributed by atoms with E-state index in [9.17, 15) is 13.6 Å². The first kappa shape index (κ1) is 16.1. The molecular formula is C16H26F2N2O2. The van der Waals surface area contributed by atoms with Crippen LogP contribution in [0.1, 0.15) is 32.1 Å². The van der Waals surface area contributed by atoms with Gasteiger partial charge in [0.1, 0.15) is 0 Å². The quantitative estimate of drug-likeness (QED) is 0.798. The highest BCUT2D eigenvalue weighted by molar-refractivity contribution is 5.80. The van der Waals surface area contributed by atoms with E-state index in [1.54, 1.807) is 7.11 Å². The van der Waals surface area contributed by atoms with E-state index in [1.165, 1.54) is 0 Å². The molecule has 22 heavy (non-hydrogen) atoms. The molecule has 1 atom stereocenters. The topological polar surface area (TPSA) is 32.8 Å². The maximum atomic E-state index is 12.9. The zero-order chi connectivity index (χ0) is 16.0. The van der Waals surface area contributed by atoms with E-state index in [4.69, 9.17) is 4.74 Å². The Morgan fingerprint density at radius 3 is 2.41 bits per heavy atom. The van der Waals surface area contributed by atoms with Gasteiger partial charge in [-0.3, -0.25) is 4.79 Å². The van der Waals surface area contributed by atoms with Gasteiger partial charge in [-0.2, -0.15) is 0 Å². The van der Waals surface area contributed by atoms with E-state index in [-0.39, 0.29) is 24.2 Å². The van der Waals surface area contributed by atoms with Crippen molar-refractivity contribution in [1.29, 1.82) is 0 Å². The number of likely N-dealkylation sites (tertiary alicyclic amines) is 2. The molecule has 2 heterocycles. The van der Waals surface area contributed by atoms with Crippen LogP contribution in [-0.4, -0.2) is 68.1 Å². The first-order valence-corrected chi connectivity index (χ1v) is 8.20. The highest BCUT2D eigenvalue weighted by atomic mass is 19.3. The number of methoxy groups -OCH3 is 1. The second-order valence-corrected chi connectivity index (χ2v) is 7.51. The number of carbonyl (C=O) groups is 1. The Balaban J connectivity index is 1.52. The molecule has 1 amide bonds. The maximum absolute atomic E-state index is 12.9. The largest absolute Gasteiger partial charge is 0.383 e. The van der Waals surface area contributed by atoms with Crippen molar-refractivity contribution in [3.63, 3.8) is 0 Å². The Morgan fingerprint density at radius 1 is 1.23 bits per heavy atom. The Labute approximate surface area is 130 Å². The number of nitrogens with zero attached hydrogens (tertiary/aromatic N) is 2. The van der Waals surface area contributed by atoms with Gasteiger partial charge in [-0.15, -0.1) is 0 Å². The minimum absolute atomic E-state index is 0.0550. The Bertz CT molecular complexity index is 428. The van der Waals surface area contributed by atoms with Gasteiger partial charge in [-0.25, -0.2) is 8.78 Å². The zero-order valence-corrected chi connectivity index (χ0v) is 13.5. The summed E-state index contributed by atoms with van der Waals surface area (Å²) in [6.07, 6.45) is 2.55. The van der Waals surface area contributed by atoms with Gasteiger partial charge in [0, 0.05) is 51.5 Å². The van der Waals surface area contributed by atoms with Gasteiger partial charge in [-0.05, 0) is 31.7 Å². The van der Waals surface area contributed by atoms with Gasteiger partial charge in [0.05, 0.1) is 6.61 Å². The van der Waals surface area contributed by atoms with Crippen LogP contribution in [-0.2, 0) is 9.53 Å². The number of carbonyl (C=O) groups excluding carboxylic acids is 1. The third-order valence-electron chi connectivity index (χ3n) is 5.81. The van der Waals surface area contributed by atoms with E-state index >= 15 is 0 Å². The molecule has 1 aliphatic carbocycles. The molecule has 0 aromatic rings. The van der Waals surface area contributed by atoms with Crippen molar-refractivity contribution in [2.75, 3.05) is 40.4 Å². The average molecular weight is 316 g/mol. The van der Waals surface area contributed by atoms with Gasteiger partial charge in [0.2, 0.25) is 11.8 Å². The Hall–Kier alpha value is -0.750. The van der Waals surface area contributed by atoms with Gasteiger partial charge in [0.25, 0.3) is 0 Å². The number of alkyl halides is 2. The Morgan fingerprint density at radius 2 is 1.86 bits per heavy atom. The normalized spacial score (nSPS) is 31.5. The molecule has 6 heteroatoms. The molecule has 3 rings (SSSR count). The molecule has 3 aliphatic rings. The highest BCUT2D eigenvalue weighted by Gasteiger charge is 2.51. The van der Waals surface area contributed by atoms with Crippen molar-refractivity contribution < 1.29 is 18.3 Å². The molecule has 0 radical (unpaired) electrons. The molecule has 0 aromatic heterocycles. The number of ether oxygens (including phenoxy) is 1. The van der Waals surface area contributed by atoms with Crippen LogP contribution in [0, 0.1) is 11.3 Å². The molecule has 0 unspecified atom stereocenters. The lowest BCUT2D eigenvalue weighted by Gasteiger charge is -2.43. The lowest BCUT2D eigenvalue weighted by atomic mass is 9.75. The molecule has 126 valence electrons. The predicted molar refractivity (Wildman–Crippen MR) is 78.8 cm³/mol. The molecule has 1 spiro atoms. The molecule has 2 saturated heterocycles. The van der Waals surface area contributed by atoms with E-state index in [0.717, 1.165) is 32.4 Å². The fraction of sp³-hybridized carbons (Fsp3) is 0.938. The maximum Gasteiger partial charge on any atom is 0.249 e. The van der Waals surface area contributed by atoms with Gasteiger partial charge >= 0.3 is 0 Å².